The predicted octanol–water partition coefficient (Wildman–Crippen LogP) is 4.75. The van der Waals surface area contributed by atoms with Crippen LogP contribution in [0.25, 0.3) is 0 Å². The molecular weight excluding hydrogens is 336 g/mol. The number of fused-ring (bicyclic) bond motifs is 1. The summed E-state index contributed by atoms with van der Waals surface area (Å²) < 4.78 is 1.03. The second-order valence-electron chi connectivity index (χ2n) is 4.99. The van der Waals surface area contributed by atoms with Gasteiger partial charge < -0.3 is 10.6 Å². The lowest BCUT2D eigenvalue weighted by molar-refractivity contribution is 0.637. The third kappa shape index (κ3) is 3.00. The molecule has 0 saturated carbocycles. The SMILES string of the molecule is Clc1ccc(Br)cc1NC1CCNCc2ccccc21. The van der Waals surface area contributed by atoms with Crippen molar-refractivity contribution in [1.82, 2.24) is 5.32 Å². The molecule has 1 unspecified atom stereocenters. The lowest BCUT2D eigenvalue weighted by Crippen LogP contribution is -2.15. The Morgan fingerprint density at radius 2 is 2.05 bits per heavy atom. The van der Waals surface area contributed by atoms with Gasteiger partial charge in [0.2, 0.25) is 0 Å². The number of halogens is 2. The first-order valence-electron chi connectivity index (χ1n) is 6.74. The second kappa shape index (κ2) is 6.17. The van der Waals surface area contributed by atoms with E-state index in [1.807, 2.05) is 18.2 Å². The fraction of sp³-hybridized carbons (Fsp3) is 0.250. The number of hydrogen-bond acceptors (Lipinski definition) is 2. The molecule has 0 aliphatic carbocycles. The van der Waals surface area contributed by atoms with E-state index >= 15 is 0 Å². The van der Waals surface area contributed by atoms with Crippen LogP contribution in [0.4, 0.5) is 5.69 Å². The van der Waals surface area contributed by atoms with Crippen molar-refractivity contribution < 1.29 is 0 Å². The van der Waals surface area contributed by atoms with Gasteiger partial charge in [-0.2, -0.15) is 0 Å². The Morgan fingerprint density at radius 3 is 2.95 bits per heavy atom. The first-order valence-corrected chi connectivity index (χ1v) is 7.91. The molecule has 3 rings (SSSR count). The van der Waals surface area contributed by atoms with Gasteiger partial charge in [0, 0.05) is 11.0 Å². The Bertz CT molecular complexity index is 615. The highest BCUT2D eigenvalue weighted by Crippen LogP contribution is 2.32. The molecule has 0 aromatic heterocycles. The molecule has 0 spiro atoms. The first kappa shape index (κ1) is 13.9. The molecule has 1 aliphatic heterocycles. The third-order valence-electron chi connectivity index (χ3n) is 3.61. The van der Waals surface area contributed by atoms with Gasteiger partial charge in [0.15, 0.2) is 0 Å². The average molecular weight is 352 g/mol. The minimum absolute atomic E-state index is 0.285. The van der Waals surface area contributed by atoms with Gasteiger partial charge in [-0.1, -0.05) is 51.8 Å². The average Bonchev–Trinajstić information content (AvgIpc) is 2.66. The summed E-state index contributed by atoms with van der Waals surface area (Å²) in [6.07, 6.45) is 1.04. The van der Waals surface area contributed by atoms with Crippen LogP contribution < -0.4 is 10.6 Å². The first-order chi connectivity index (χ1) is 9.74. The quantitative estimate of drug-likeness (QED) is 0.816. The van der Waals surface area contributed by atoms with Gasteiger partial charge in [0.1, 0.15) is 0 Å². The van der Waals surface area contributed by atoms with Crippen molar-refractivity contribution in [3.63, 3.8) is 0 Å². The number of rotatable bonds is 2. The molecule has 4 heteroatoms. The molecule has 2 aromatic carbocycles. The van der Waals surface area contributed by atoms with Crippen molar-refractivity contribution in [2.24, 2.45) is 0 Å². The van der Waals surface area contributed by atoms with Gasteiger partial charge in [-0.15, -0.1) is 0 Å². The van der Waals surface area contributed by atoms with Crippen LogP contribution in [0.2, 0.25) is 5.02 Å². The fourth-order valence-corrected chi connectivity index (χ4v) is 3.14. The Labute approximate surface area is 132 Å². The number of benzene rings is 2. The molecule has 104 valence electrons. The monoisotopic (exact) mass is 350 g/mol. The Hall–Kier alpha value is -1.03. The van der Waals surface area contributed by atoms with E-state index in [9.17, 15) is 0 Å². The Balaban J connectivity index is 1.92. The van der Waals surface area contributed by atoms with E-state index in [1.165, 1.54) is 11.1 Å². The maximum Gasteiger partial charge on any atom is 0.0638 e. The summed E-state index contributed by atoms with van der Waals surface area (Å²) in [5.41, 5.74) is 3.69. The van der Waals surface area contributed by atoms with E-state index in [0.29, 0.717) is 0 Å². The van der Waals surface area contributed by atoms with Crippen LogP contribution in [0, 0.1) is 0 Å². The molecule has 20 heavy (non-hydrogen) atoms. The maximum absolute atomic E-state index is 6.28. The molecule has 0 fully saturated rings. The van der Waals surface area contributed by atoms with E-state index in [1.54, 1.807) is 0 Å². The van der Waals surface area contributed by atoms with E-state index in [2.05, 4.69) is 50.8 Å². The highest BCUT2D eigenvalue weighted by Gasteiger charge is 2.18. The van der Waals surface area contributed by atoms with Crippen LogP contribution in [0.15, 0.2) is 46.9 Å². The molecule has 2 aromatic rings. The molecular formula is C16H16BrClN2. The minimum atomic E-state index is 0.285. The van der Waals surface area contributed by atoms with Crippen LogP contribution in [-0.4, -0.2) is 6.54 Å². The summed E-state index contributed by atoms with van der Waals surface area (Å²) in [6, 6.07) is 14.8. The van der Waals surface area contributed by atoms with Crippen LogP contribution in [0.5, 0.6) is 0 Å². The van der Waals surface area contributed by atoms with Gasteiger partial charge in [0.05, 0.1) is 16.8 Å². The molecule has 1 atom stereocenters. The van der Waals surface area contributed by atoms with E-state index < -0.39 is 0 Å². The van der Waals surface area contributed by atoms with E-state index in [4.69, 9.17) is 11.6 Å². The lowest BCUT2D eigenvalue weighted by Gasteiger charge is -2.21. The van der Waals surface area contributed by atoms with Gasteiger partial charge in [-0.3, -0.25) is 0 Å². The van der Waals surface area contributed by atoms with Crippen molar-refractivity contribution in [2.75, 3.05) is 11.9 Å². The Morgan fingerprint density at radius 1 is 1.20 bits per heavy atom. The van der Waals surface area contributed by atoms with Crippen LogP contribution in [0.1, 0.15) is 23.6 Å². The largest absolute Gasteiger partial charge is 0.377 e. The van der Waals surface area contributed by atoms with E-state index in [0.717, 1.165) is 34.7 Å². The van der Waals surface area contributed by atoms with Crippen molar-refractivity contribution in [2.45, 2.75) is 19.0 Å². The molecule has 2 nitrogen and oxygen atoms in total. The second-order valence-corrected chi connectivity index (χ2v) is 6.31. The molecule has 1 heterocycles. The number of nitrogens with one attached hydrogen (secondary N) is 2. The molecule has 0 saturated heterocycles. The normalized spacial score (nSPS) is 18.2. The lowest BCUT2D eigenvalue weighted by atomic mass is 9.99. The predicted molar refractivity (Wildman–Crippen MR) is 88.3 cm³/mol. The number of anilines is 1. The van der Waals surface area contributed by atoms with Crippen molar-refractivity contribution >= 4 is 33.2 Å². The fourth-order valence-electron chi connectivity index (χ4n) is 2.61. The van der Waals surface area contributed by atoms with Gasteiger partial charge in [-0.25, -0.2) is 0 Å². The standard InChI is InChI=1S/C16H16BrClN2/c17-12-5-6-14(18)16(9-12)20-15-7-8-19-10-11-3-1-2-4-13(11)15/h1-6,9,15,19-20H,7-8,10H2. The summed E-state index contributed by atoms with van der Waals surface area (Å²) in [4.78, 5) is 0. The van der Waals surface area contributed by atoms with Crippen molar-refractivity contribution in [3.8, 4) is 0 Å². The van der Waals surface area contributed by atoms with Crippen LogP contribution in [0.3, 0.4) is 0 Å². The van der Waals surface area contributed by atoms with E-state index in [-0.39, 0.29) is 6.04 Å². The van der Waals surface area contributed by atoms with Gasteiger partial charge >= 0.3 is 0 Å². The summed E-state index contributed by atoms with van der Waals surface area (Å²) in [6.45, 7) is 1.93. The third-order valence-corrected chi connectivity index (χ3v) is 4.44. The van der Waals surface area contributed by atoms with Crippen LogP contribution in [-0.2, 0) is 6.54 Å². The Kier molecular flexibility index (Phi) is 4.29. The number of hydrogen-bond donors (Lipinski definition) is 2. The zero-order valence-electron chi connectivity index (χ0n) is 11.0. The van der Waals surface area contributed by atoms with Gasteiger partial charge in [-0.05, 0) is 42.3 Å². The summed E-state index contributed by atoms with van der Waals surface area (Å²) >= 11 is 9.78. The summed E-state index contributed by atoms with van der Waals surface area (Å²) in [5, 5.41) is 7.80. The zero-order chi connectivity index (χ0) is 13.9. The van der Waals surface area contributed by atoms with Gasteiger partial charge in [0.25, 0.3) is 0 Å². The minimum Gasteiger partial charge on any atom is -0.377 e. The smallest absolute Gasteiger partial charge is 0.0638 e. The summed E-state index contributed by atoms with van der Waals surface area (Å²) in [7, 11) is 0. The summed E-state index contributed by atoms with van der Waals surface area (Å²) in [5.74, 6) is 0. The molecule has 0 bridgehead atoms. The zero-order valence-corrected chi connectivity index (χ0v) is 13.3. The van der Waals surface area contributed by atoms with Crippen LogP contribution >= 0.6 is 27.5 Å². The molecule has 0 radical (unpaired) electrons. The molecule has 0 amide bonds. The van der Waals surface area contributed by atoms with Crippen molar-refractivity contribution in [1.29, 1.82) is 0 Å². The highest BCUT2D eigenvalue weighted by atomic mass is 79.9. The maximum atomic E-state index is 6.28. The highest BCUT2D eigenvalue weighted by molar-refractivity contribution is 9.10. The topological polar surface area (TPSA) is 24.1 Å². The molecule has 1 aliphatic rings. The van der Waals surface area contributed by atoms with Crippen molar-refractivity contribution in [3.05, 3.63) is 63.1 Å². The molecule has 2 N–H and O–H groups in total.